The van der Waals surface area contributed by atoms with E-state index in [4.69, 9.17) is 4.74 Å². The van der Waals surface area contributed by atoms with Crippen LogP contribution < -0.4 is 14.8 Å². The van der Waals surface area contributed by atoms with Gasteiger partial charge in [-0.2, -0.15) is 0 Å². The maximum absolute atomic E-state index is 12.3. The van der Waals surface area contributed by atoms with Crippen molar-refractivity contribution in [2.75, 3.05) is 13.7 Å². The van der Waals surface area contributed by atoms with E-state index in [1.54, 1.807) is 12.1 Å². The number of amides is 1. The van der Waals surface area contributed by atoms with E-state index in [1.807, 2.05) is 49.4 Å². The second-order valence-electron chi connectivity index (χ2n) is 6.36. The second kappa shape index (κ2) is 8.41. The van der Waals surface area contributed by atoms with Crippen molar-refractivity contribution in [1.29, 1.82) is 0 Å². The average molecular weight is 398 g/mol. The lowest BCUT2D eigenvalue weighted by atomic mass is 10.00. The molecule has 28 heavy (non-hydrogen) atoms. The van der Waals surface area contributed by atoms with Gasteiger partial charge in [-0.25, -0.2) is 13.1 Å². The highest BCUT2D eigenvalue weighted by molar-refractivity contribution is 7.89. The first-order chi connectivity index (χ1) is 13.4. The van der Waals surface area contributed by atoms with Crippen LogP contribution in [0.25, 0.3) is 10.8 Å². The molecule has 0 aliphatic heterocycles. The molecule has 0 aliphatic rings. The molecule has 0 aliphatic carbocycles. The summed E-state index contributed by atoms with van der Waals surface area (Å²) in [6, 6.07) is 19.5. The Morgan fingerprint density at radius 3 is 2.39 bits per heavy atom. The van der Waals surface area contributed by atoms with Gasteiger partial charge in [-0.05, 0) is 47.5 Å². The van der Waals surface area contributed by atoms with E-state index in [2.05, 4.69) is 10.0 Å². The fourth-order valence-electron chi connectivity index (χ4n) is 3.00. The molecule has 1 amide bonds. The first kappa shape index (κ1) is 19.9. The number of sulfonamides is 1. The number of carbonyl (C=O) groups is 1. The Morgan fingerprint density at radius 1 is 1.00 bits per heavy atom. The molecule has 0 radical (unpaired) electrons. The van der Waals surface area contributed by atoms with Gasteiger partial charge in [0.2, 0.25) is 15.9 Å². The highest BCUT2D eigenvalue weighted by Crippen LogP contribution is 2.24. The van der Waals surface area contributed by atoms with Crippen LogP contribution in [0.3, 0.4) is 0 Å². The number of hydrogen-bond donors (Lipinski definition) is 2. The average Bonchev–Trinajstić information content (AvgIpc) is 2.72. The zero-order valence-electron chi connectivity index (χ0n) is 15.7. The van der Waals surface area contributed by atoms with E-state index in [0.29, 0.717) is 5.75 Å². The molecular formula is C21H22N2O4S. The van der Waals surface area contributed by atoms with Crippen molar-refractivity contribution in [2.45, 2.75) is 17.9 Å². The third kappa shape index (κ3) is 4.49. The molecule has 1 atom stereocenters. The standard InChI is InChI=1S/C21H22N2O4S/c1-15(19-9-5-7-16-6-3-4-8-20(16)19)23-21(24)14-22-28(25,26)18-12-10-17(27-2)11-13-18/h3-13,15,22H,14H2,1-2H3,(H,23,24). The van der Waals surface area contributed by atoms with Crippen LogP contribution in [0.15, 0.2) is 71.6 Å². The molecule has 0 saturated heterocycles. The van der Waals surface area contributed by atoms with Crippen molar-refractivity contribution in [3.8, 4) is 5.75 Å². The number of carbonyl (C=O) groups excluding carboxylic acids is 1. The van der Waals surface area contributed by atoms with Crippen molar-refractivity contribution in [3.63, 3.8) is 0 Å². The Labute approximate surface area is 164 Å². The summed E-state index contributed by atoms with van der Waals surface area (Å²) >= 11 is 0. The number of benzene rings is 3. The summed E-state index contributed by atoms with van der Waals surface area (Å²) in [5, 5.41) is 4.98. The van der Waals surface area contributed by atoms with Gasteiger partial charge < -0.3 is 10.1 Å². The quantitative estimate of drug-likeness (QED) is 0.641. The van der Waals surface area contributed by atoms with Crippen LogP contribution in [-0.4, -0.2) is 28.0 Å². The normalized spacial score (nSPS) is 12.5. The van der Waals surface area contributed by atoms with Crippen LogP contribution in [-0.2, 0) is 14.8 Å². The minimum absolute atomic E-state index is 0.0724. The van der Waals surface area contributed by atoms with Crippen molar-refractivity contribution < 1.29 is 17.9 Å². The molecule has 3 aromatic carbocycles. The van der Waals surface area contributed by atoms with Gasteiger partial charge in [0.05, 0.1) is 24.6 Å². The Balaban J connectivity index is 1.64. The van der Waals surface area contributed by atoms with Gasteiger partial charge in [-0.1, -0.05) is 42.5 Å². The van der Waals surface area contributed by atoms with E-state index < -0.39 is 15.9 Å². The van der Waals surface area contributed by atoms with Crippen molar-refractivity contribution in [2.24, 2.45) is 0 Å². The summed E-state index contributed by atoms with van der Waals surface area (Å²) in [5.41, 5.74) is 0.976. The van der Waals surface area contributed by atoms with Crippen LogP contribution in [0.1, 0.15) is 18.5 Å². The van der Waals surface area contributed by atoms with Gasteiger partial charge in [-0.15, -0.1) is 0 Å². The molecule has 7 heteroatoms. The summed E-state index contributed by atoms with van der Waals surface area (Å²) in [4.78, 5) is 12.4. The summed E-state index contributed by atoms with van der Waals surface area (Å²) in [6.07, 6.45) is 0. The minimum atomic E-state index is -3.78. The van der Waals surface area contributed by atoms with E-state index in [-0.39, 0.29) is 17.5 Å². The van der Waals surface area contributed by atoms with Crippen LogP contribution in [0.5, 0.6) is 5.75 Å². The van der Waals surface area contributed by atoms with E-state index in [1.165, 1.54) is 19.2 Å². The number of nitrogens with one attached hydrogen (secondary N) is 2. The molecule has 0 spiro atoms. The van der Waals surface area contributed by atoms with Crippen LogP contribution in [0, 0.1) is 0 Å². The monoisotopic (exact) mass is 398 g/mol. The number of hydrogen-bond acceptors (Lipinski definition) is 4. The Bertz CT molecular complexity index is 1070. The van der Waals surface area contributed by atoms with Gasteiger partial charge in [0, 0.05) is 0 Å². The predicted octanol–water partition coefficient (Wildman–Crippen LogP) is 3.00. The van der Waals surface area contributed by atoms with Gasteiger partial charge in [0.25, 0.3) is 0 Å². The van der Waals surface area contributed by atoms with Crippen LogP contribution in [0.2, 0.25) is 0 Å². The third-order valence-corrected chi connectivity index (χ3v) is 5.88. The first-order valence-electron chi connectivity index (χ1n) is 8.81. The van der Waals surface area contributed by atoms with Gasteiger partial charge >= 0.3 is 0 Å². The molecule has 1 unspecified atom stereocenters. The highest BCUT2D eigenvalue weighted by atomic mass is 32.2. The molecule has 0 saturated carbocycles. The molecule has 3 rings (SSSR count). The van der Waals surface area contributed by atoms with Crippen LogP contribution in [0.4, 0.5) is 0 Å². The molecule has 0 bridgehead atoms. The number of methoxy groups -OCH3 is 1. The topological polar surface area (TPSA) is 84.5 Å². The lowest BCUT2D eigenvalue weighted by Crippen LogP contribution is -2.38. The number of fused-ring (bicyclic) bond motifs is 1. The fraction of sp³-hybridized carbons (Fsp3) is 0.190. The Morgan fingerprint density at radius 2 is 1.68 bits per heavy atom. The summed E-state index contributed by atoms with van der Waals surface area (Å²) in [6.45, 7) is 1.53. The molecule has 2 N–H and O–H groups in total. The zero-order valence-corrected chi connectivity index (χ0v) is 16.5. The lowest BCUT2D eigenvalue weighted by molar-refractivity contribution is -0.120. The molecule has 146 valence electrons. The highest BCUT2D eigenvalue weighted by Gasteiger charge is 2.17. The maximum atomic E-state index is 12.3. The third-order valence-electron chi connectivity index (χ3n) is 4.46. The molecule has 6 nitrogen and oxygen atoms in total. The summed E-state index contributed by atoms with van der Waals surface area (Å²) in [7, 11) is -2.28. The van der Waals surface area contributed by atoms with Crippen LogP contribution >= 0.6 is 0 Å². The van der Waals surface area contributed by atoms with E-state index in [0.717, 1.165) is 16.3 Å². The lowest BCUT2D eigenvalue weighted by Gasteiger charge is -2.17. The minimum Gasteiger partial charge on any atom is -0.497 e. The largest absolute Gasteiger partial charge is 0.497 e. The SMILES string of the molecule is COc1ccc(S(=O)(=O)NCC(=O)NC(C)c2cccc3ccccc23)cc1. The van der Waals surface area contributed by atoms with Gasteiger partial charge in [-0.3, -0.25) is 4.79 Å². The smallest absolute Gasteiger partial charge is 0.241 e. The van der Waals surface area contributed by atoms with Gasteiger partial charge in [0.15, 0.2) is 0 Å². The molecule has 3 aromatic rings. The molecule has 0 fully saturated rings. The van der Waals surface area contributed by atoms with Crippen molar-refractivity contribution in [3.05, 3.63) is 72.3 Å². The second-order valence-corrected chi connectivity index (χ2v) is 8.12. The van der Waals surface area contributed by atoms with E-state index in [9.17, 15) is 13.2 Å². The predicted molar refractivity (Wildman–Crippen MR) is 109 cm³/mol. The fourth-order valence-corrected chi connectivity index (χ4v) is 3.98. The van der Waals surface area contributed by atoms with Gasteiger partial charge in [0.1, 0.15) is 5.75 Å². The molecular weight excluding hydrogens is 376 g/mol. The van der Waals surface area contributed by atoms with Crippen molar-refractivity contribution in [1.82, 2.24) is 10.0 Å². The first-order valence-corrected chi connectivity index (χ1v) is 10.3. The molecule has 0 heterocycles. The Hall–Kier alpha value is -2.90. The number of ether oxygens (including phenoxy) is 1. The maximum Gasteiger partial charge on any atom is 0.241 e. The van der Waals surface area contributed by atoms with Crippen molar-refractivity contribution >= 4 is 26.7 Å². The Kier molecular flexibility index (Phi) is 5.96. The summed E-state index contributed by atoms with van der Waals surface area (Å²) < 4.78 is 32.0. The summed E-state index contributed by atoms with van der Waals surface area (Å²) in [5.74, 6) is 0.151. The number of rotatable bonds is 7. The zero-order chi connectivity index (χ0) is 20.1. The van der Waals surface area contributed by atoms with E-state index >= 15 is 0 Å². The molecule has 0 aromatic heterocycles.